The van der Waals surface area contributed by atoms with Crippen LogP contribution < -0.4 is 0 Å². The molecule has 0 aliphatic heterocycles. The molecular formula is C15H18N2. The van der Waals surface area contributed by atoms with Gasteiger partial charge in [0, 0.05) is 0 Å². The van der Waals surface area contributed by atoms with Gasteiger partial charge in [0.25, 0.3) is 0 Å². The van der Waals surface area contributed by atoms with Crippen LogP contribution in [0.1, 0.15) is 44.1 Å². The van der Waals surface area contributed by atoms with Crippen LogP contribution in [-0.2, 0) is 0 Å². The molecule has 0 radical (unpaired) electrons. The molecule has 0 saturated heterocycles. The SMILES string of the molecule is [N-]=[N+]=C(CC1=CCCCCC1)c1ccccc1. The lowest BCUT2D eigenvalue weighted by Crippen LogP contribution is -2.03. The average Bonchev–Trinajstić information content (AvgIpc) is 2.65. The topological polar surface area (TPSA) is 36.4 Å². The molecule has 0 unspecified atom stereocenters. The second-order valence-corrected chi connectivity index (χ2v) is 4.55. The van der Waals surface area contributed by atoms with E-state index in [9.17, 15) is 0 Å². The largest absolute Gasteiger partial charge is 0.361 e. The first kappa shape index (κ1) is 11.8. The van der Waals surface area contributed by atoms with Gasteiger partial charge in [-0.2, -0.15) is 4.79 Å². The Balaban J connectivity index is 2.11. The molecule has 0 bridgehead atoms. The van der Waals surface area contributed by atoms with E-state index >= 15 is 0 Å². The second kappa shape index (κ2) is 6.17. The first-order valence-corrected chi connectivity index (χ1v) is 6.34. The fraction of sp³-hybridized carbons (Fsp3) is 0.400. The highest BCUT2D eigenvalue weighted by Crippen LogP contribution is 2.21. The van der Waals surface area contributed by atoms with E-state index < -0.39 is 0 Å². The van der Waals surface area contributed by atoms with Gasteiger partial charge in [-0.05, 0) is 37.8 Å². The first-order chi connectivity index (χ1) is 8.40. The van der Waals surface area contributed by atoms with Crippen molar-refractivity contribution in [1.29, 1.82) is 0 Å². The van der Waals surface area contributed by atoms with Crippen molar-refractivity contribution >= 4 is 5.71 Å². The highest BCUT2D eigenvalue weighted by atomic mass is 14.9. The van der Waals surface area contributed by atoms with Crippen LogP contribution in [0.25, 0.3) is 5.53 Å². The molecular weight excluding hydrogens is 208 g/mol. The van der Waals surface area contributed by atoms with Gasteiger partial charge in [0.1, 0.15) is 0 Å². The van der Waals surface area contributed by atoms with Crippen LogP contribution in [0.3, 0.4) is 0 Å². The summed E-state index contributed by atoms with van der Waals surface area (Å²) in [6.45, 7) is 0. The molecule has 0 saturated carbocycles. The van der Waals surface area contributed by atoms with E-state index in [-0.39, 0.29) is 0 Å². The van der Waals surface area contributed by atoms with Gasteiger partial charge in [-0.3, -0.25) is 0 Å². The standard InChI is InChI=1S/C15H18N2/c16-17-15(14-10-6-3-7-11-14)12-13-8-4-1-2-5-9-13/h3,6-8,10-11H,1-2,4-5,9,12H2. The fourth-order valence-corrected chi connectivity index (χ4v) is 2.28. The summed E-state index contributed by atoms with van der Waals surface area (Å²) in [6.07, 6.45) is 9.28. The number of rotatable bonds is 3. The van der Waals surface area contributed by atoms with Crippen molar-refractivity contribution in [1.82, 2.24) is 0 Å². The number of allylic oxidation sites excluding steroid dienone is 2. The minimum atomic E-state index is 0.777. The zero-order valence-corrected chi connectivity index (χ0v) is 10.1. The van der Waals surface area contributed by atoms with Gasteiger partial charge < -0.3 is 5.53 Å². The monoisotopic (exact) mass is 226 g/mol. The Labute approximate surface area is 103 Å². The summed E-state index contributed by atoms with van der Waals surface area (Å²) in [4.78, 5) is 3.46. The van der Waals surface area contributed by atoms with Crippen LogP contribution in [0.15, 0.2) is 42.0 Å². The summed E-state index contributed by atoms with van der Waals surface area (Å²) >= 11 is 0. The summed E-state index contributed by atoms with van der Waals surface area (Å²) in [5.74, 6) is 0. The third kappa shape index (κ3) is 3.40. The molecule has 0 heterocycles. The molecule has 1 aromatic rings. The van der Waals surface area contributed by atoms with Crippen molar-refractivity contribution < 1.29 is 4.79 Å². The molecule has 0 amide bonds. The molecule has 2 nitrogen and oxygen atoms in total. The van der Waals surface area contributed by atoms with Gasteiger partial charge in [-0.15, -0.1) is 0 Å². The van der Waals surface area contributed by atoms with Gasteiger partial charge in [0.05, 0.1) is 12.0 Å². The zero-order chi connectivity index (χ0) is 11.9. The summed E-state index contributed by atoms with van der Waals surface area (Å²) < 4.78 is 0. The van der Waals surface area contributed by atoms with E-state index in [2.05, 4.69) is 10.9 Å². The molecule has 1 aliphatic rings. The van der Waals surface area contributed by atoms with Gasteiger partial charge in [-0.25, -0.2) is 0 Å². The van der Waals surface area contributed by atoms with Crippen molar-refractivity contribution in [3.63, 3.8) is 0 Å². The highest BCUT2D eigenvalue weighted by Gasteiger charge is 2.14. The van der Waals surface area contributed by atoms with E-state index in [0.29, 0.717) is 0 Å². The van der Waals surface area contributed by atoms with Crippen molar-refractivity contribution in [3.8, 4) is 0 Å². The predicted octanol–water partition coefficient (Wildman–Crippen LogP) is 3.99. The maximum atomic E-state index is 9.14. The normalized spacial score (nSPS) is 15.6. The molecule has 1 aromatic carbocycles. The number of benzene rings is 1. The maximum Gasteiger partial charge on any atom is 0.303 e. The molecule has 0 N–H and O–H groups in total. The van der Waals surface area contributed by atoms with E-state index in [4.69, 9.17) is 5.53 Å². The lowest BCUT2D eigenvalue weighted by molar-refractivity contribution is -0.00623. The fourth-order valence-electron chi connectivity index (χ4n) is 2.28. The van der Waals surface area contributed by atoms with Crippen LogP contribution in [0.4, 0.5) is 0 Å². The van der Waals surface area contributed by atoms with Crippen molar-refractivity contribution in [2.24, 2.45) is 0 Å². The first-order valence-electron chi connectivity index (χ1n) is 6.34. The average molecular weight is 226 g/mol. The minimum Gasteiger partial charge on any atom is -0.361 e. The Morgan fingerprint density at radius 2 is 1.94 bits per heavy atom. The summed E-state index contributed by atoms with van der Waals surface area (Å²) in [6, 6.07) is 9.91. The molecule has 2 heteroatoms. The quantitative estimate of drug-likeness (QED) is 0.323. The molecule has 0 aromatic heterocycles. The van der Waals surface area contributed by atoms with Crippen LogP contribution in [0.2, 0.25) is 0 Å². The highest BCUT2D eigenvalue weighted by molar-refractivity contribution is 5.97. The third-order valence-electron chi connectivity index (χ3n) is 3.26. The van der Waals surface area contributed by atoms with Gasteiger partial charge >= 0.3 is 5.71 Å². The van der Waals surface area contributed by atoms with E-state index in [1.165, 1.54) is 31.3 Å². The Bertz CT molecular complexity index is 439. The molecule has 0 atom stereocenters. The van der Waals surface area contributed by atoms with Crippen LogP contribution >= 0.6 is 0 Å². The Morgan fingerprint density at radius 1 is 1.12 bits per heavy atom. The van der Waals surface area contributed by atoms with Gasteiger partial charge in [0.15, 0.2) is 0 Å². The molecule has 1 aliphatic carbocycles. The van der Waals surface area contributed by atoms with Crippen LogP contribution in [0, 0.1) is 0 Å². The Hall–Kier alpha value is -1.66. The van der Waals surface area contributed by atoms with Gasteiger partial charge in [-0.1, -0.05) is 36.3 Å². The lowest BCUT2D eigenvalue weighted by Gasteiger charge is -2.02. The molecule has 0 spiro atoms. The predicted molar refractivity (Wildman–Crippen MR) is 70.0 cm³/mol. The minimum absolute atomic E-state index is 0.777. The van der Waals surface area contributed by atoms with E-state index in [1.54, 1.807) is 0 Å². The Morgan fingerprint density at radius 3 is 2.71 bits per heavy atom. The summed E-state index contributed by atoms with van der Waals surface area (Å²) in [5.41, 5.74) is 12.3. The Kier molecular flexibility index (Phi) is 4.29. The smallest absolute Gasteiger partial charge is 0.303 e. The lowest BCUT2D eigenvalue weighted by atomic mass is 9.99. The number of nitrogens with zero attached hydrogens (tertiary/aromatic N) is 2. The van der Waals surface area contributed by atoms with Crippen molar-refractivity contribution in [2.45, 2.75) is 38.5 Å². The molecule has 0 fully saturated rings. The van der Waals surface area contributed by atoms with E-state index in [0.717, 1.165) is 24.1 Å². The molecule has 2 rings (SSSR count). The van der Waals surface area contributed by atoms with Gasteiger partial charge in [0.2, 0.25) is 0 Å². The van der Waals surface area contributed by atoms with Crippen molar-refractivity contribution in [3.05, 3.63) is 53.1 Å². The maximum absolute atomic E-state index is 9.14. The second-order valence-electron chi connectivity index (χ2n) is 4.55. The molecule has 17 heavy (non-hydrogen) atoms. The van der Waals surface area contributed by atoms with Crippen molar-refractivity contribution in [2.75, 3.05) is 0 Å². The summed E-state index contributed by atoms with van der Waals surface area (Å²) in [7, 11) is 0. The summed E-state index contributed by atoms with van der Waals surface area (Å²) in [5, 5.41) is 0. The number of hydrogen-bond acceptors (Lipinski definition) is 0. The van der Waals surface area contributed by atoms with Crippen LogP contribution in [-0.4, -0.2) is 10.5 Å². The zero-order valence-electron chi connectivity index (χ0n) is 10.1. The molecule has 88 valence electrons. The number of hydrogen-bond donors (Lipinski definition) is 0. The third-order valence-corrected chi connectivity index (χ3v) is 3.26. The van der Waals surface area contributed by atoms with E-state index in [1.807, 2.05) is 30.3 Å². The van der Waals surface area contributed by atoms with Crippen LogP contribution in [0.5, 0.6) is 0 Å².